The fourth-order valence-electron chi connectivity index (χ4n) is 2.66. The van der Waals surface area contributed by atoms with Gasteiger partial charge in [0, 0.05) is 26.3 Å². The van der Waals surface area contributed by atoms with Crippen LogP contribution in [0.5, 0.6) is 0 Å². The van der Waals surface area contributed by atoms with Crippen molar-refractivity contribution in [3.8, 4) is 0 Å². The van der Waals surface area contributed by atoms with Crippen molar-refractivity contribution in [3.63, 3.8) is 0 Å². The molecule has 0 aromatic carbocycles. The standard InChI is InChI=1S/C13H24N4O3S/c1-10-13(11(2)17(16-10)6-5-14)21(18,19)15-9-12-3-7-20-8-4-12/h12,15H,3-9,14H2,1-2H3. The molecule has 0 atom stereocenters. The van der Waals surface area contributed by atoms with E-state index in [1.54, 1.807) is 18.5 Å². The zero-order valence-electron chi connectivity index (χ0n) is 12.6. The molecule has 1 aromatic rings. The van der Waals surface area contributed by atoms with Crippen LogP contribution in [-0.2, 0) is 21.3 Å². The molecule has 1 aliphatic heterocycles. The SMILES string of the molecule is Cc1nn(CCN)c(C)c1S(=O)(=O)NCC1CCOCC1. The second kappa shape index (κ2) is 6.87. The fraction of sp³-hybridized carbons (Fsp3) is 0.769. The van der Waals surface area contributed by atoms with E-state index in [9.17, 15) is 8.42 Å². The minimum absolute atomic E-state index is 0.281. The fourth-order valence-corrected chi connectivity index (χ4v) is 4.18. The van der Waals surface area contributed by atoms with Crippen LogP contribution in [0.15, 0.2) is 4.90 Å². The minimum Gasteiger partial charge on any atom is -0.381 e. The third kappa shape index (κ3) is 3.82. The summed E-state index contributed by atoms with van der Waals surface area (Å²) in [6.07, 6.45) is 1.79. The molecule has 1 aliphatic rings. The predicted octanol–water partition coefficient (Wildman–Crippen LogP) is 0.164. The maximum atomic E-state index is 12.5. The molecule has 0 spiro atoms. The van der Waals surface area contributed by atoms with Gasteiger partial charge in [0.05, 0.1) is 17.9 Å². The van der Waals surface area contributed by atoms with Crippen molar-refractivity contribution in [2.45, 2.75) is 38.1 Å². The lowest BCUT2D eigenvalue weighted by Crippen LogP contribution is -2.32. The van der Waals surface area contributed by atoms with E-state index in [0.717, 1.165) is 12.8 Å². The number of sulfonamides is 1. The Labute approximate surface area is 125 Å². The molecule has 0 unspecified atom stereocenters. The molecule has 1 fully saturated rings. The van der Waals surface area contributed by atoms with Gasteiger partial charge in [0.15, 0.2) is 0 Å². The summed E-state index contributed by atoms with van der Waals surface area (Å²) in [5, 5.41) is 4.26. The van der Waals surface area contributed by atoms with Crippen LogP contribution in [0.2, 0.25) is 0 Å². The highest BCUT2D eigenvalue weighted by atomic mass is 32.2. The maximum absolute atomic E-state index is 12.5. The molecule has 0 bridgehead atoms. The van der Waals surface area contributed by atoms with Crippen LogP contribution in [0.1, 0.15) is 24.2 Å². The number of ether oxygens (including phenoxy) is 1. The van der Waals surface area contributed by atoms with Gasteiger partial charge < -0.3 is 10.5 Å². The molecule has 0 saturated carbocycles. The third-order valence-electron chi connectivity index (χ3n) is 3.83. The van der Waals surface area contributed by atoms with Gasteiger partial charge in [-0.05, 0) is 32.6 Å². The molecule has 21 heavy (non-hydrogen) atoms. The first-order valence-corrected chi connectivity index (χ1v) is 8.75. The Kier molecular flexibility index (Phi) is 5.37. The molecule has 7 nitrogen and oxygen atoms in total. The number of hydrogen-bond donors (Lipinski definition) is 2. The summed E-state index contributed by atoms with van der Waals surface area (Å²) >= 11 is 0. The molecule has 8 heteroatoms. The molecule has 3 N–H and O–H groups in total. The highest BCUT2D eigenvalue weighted by Gasteiger charge is 2.25. The van der Waals surface area contributed by atoms with Crippen molar-refractivity contribution in [3.05, 3.63) is 11.4 Å². The largest absolute Gasteiger partial charge is 0.381 e. The average Bonchev–Trinajstić information content (AvgIpc) is 2.73. The number of rotatable bonds is 6. The van der Waals surface area contributed by atoms with E-state index in [-0.39, 0.29) is 4.90 Å². The quantitative estimate of drug-likeness (QED) is 0.779. The van der Waals surface area contributed by atoms with Crippen molar-refractivity contribution in [2.75, 3.05) is 26.3 Å². The third-order valence-corrected chi connectivity index (χ3v) is 5.50. The van der Waals surface area contributed by atoms with E-state index in [1.807, 2.05) is 0 Å². The summed E-state index contributed by atoms with van der Waals surface area (Å²) in [6, 6.07) is 0. The van der Waals surface area contributed by atoms with Crippen LogP contribution in [-0.4, -0.2) is 44.5 Å². The summed E-state index contributed by atoms with van der Waals surface area (Å²) in [7, 11) is -3.53. The molecular weight excluding hydrogens is 292 g/mol. The van der Waals surface area contributed by atoms with Crippen LogP contribution in [0.3, 0.4) is 0 Å². The first kappa shape index (κ1) is 16.4. The highest BCUT2D eigenvalue weighted by Crippen LogP contribution is 2.20. The number of hydrogen-bond acceptors (Lipinski definition) is 5. The van der Waals surface area contributed by atoms with Gasteiger partial charge in [-0.3, -0.25) is 4.68 Å². The summed E-state index contributed by atoms with van der Waals surface area (Å²) < 4.78 is 34.7. The van der Waals surface area contributed by atoms with E-state index in [0.29, 0.717) is 50.2 Å². The second-order valence-corrected chi connectivity index (χ2v) is 7.12. The number of aromatic nitrogens is 2. The first-order chi connectivity index (χ1) is 9.95. The van der Waals surface area contributed by atoms with Gasteiger partial charge in [-0.25, -0.2) is 13.1 Å². The summed E-state index contributed by atoms with van der Waals surface area (Å²) in [6.45, 7) is 6.28. The summed E-state index contributed by atoms with van der Waals surface area (Å²) in [5.41, 5.74) is 6.67. The van der Waals surface area contributed by atoms with Crippen molar-refractivity contribution in [2.24, 2.45) is 11.7 Å². The predicted molar refractivity (Wildman–Crippen MR) is 79.5 cm³/mol. The molecule has 2 heterocycles. The number of nitrogens with zero attached hydrogens (tertiary/aromatic N) is 2. The van der Waals surface area contributed by atoms with Gasteiger partial charge in [-0.15, -0.1) is 0 Å². The van der Waals surface area contributed by atoms with Gasteiger partial charge in [0.1, 0.15) is 4.90 Å². The van der Waals surface area contributed by atoms with Gasteiger partial charge in [0.25, 0.3) is 0 Å². The van der Waals surface area contributed by atoms with Crippen molar-refractivity contribution in [1.29, 1.82) is 0 Å². The van der Waals surface area contributed by atoms with Crippen LogP contribution >= 0.6 is 0 Å². The minimum atomic E-state index is -3.53. The number of nitrogens with two attached hydrogens (primary N) is 1. The van der Waals surface area contributed by atoms with Crippen LogP contribution in [0.4, 0.5) is 0 Å². The Bertz CT molecular complexity index is 576. The summed E-state index contributed by atoms with van der Waals surface area (Å²) in [5.74, 6) is 0.341. The Morgan fingerprint density at radius 3 is 2.67 bits per heavy atom. The lowest BCUT2D eigenvalue weighted by molar-refractivity contribution is 0.0678. The van der Waals surface area contributed by atoms with Gasteiger partial charge in [-0.2, -0.15) is 5.10 Å². The highest BCUT2D eigenvalue weighted by molar-refractivity contribution is 7.89. The molecule has 120 valence electrons. The topological polar surface area (TPSA) is 99.2 Å². The molecular formula is C13H24N4O3S. The molecule has 0 amide bonds. The summed E-state index contributed by atoms with van der Waals surface area (Å²) in [4.78, 5) is 0.281. The maximum Gasteiger partial charge on any atom is 0.244 e. The zero-order chi connectivity index (χ0) is 15.5. The van der Waals surface area contributed by atoms with Crippen LogP contribution < -0.4 is 10.5 Å². The molecule has 1 saturated heterocycles. The van der Waals surface area contributed by atoms with Crippen molar-refractivity contribution in [1.82, 2.24) is 14.5 Å². The molecule has 2 rings (SSSR count). The molecule has 0 radical (unpaired) electrons. The average molecular weight is 316 g/mol. The second-order valence-electron chi connectivity index (χ2n) is 5.42. The van der Waals surface area contributed by atoms with Gasteiger partial charge in [-0.1, -0.05) is 0 Å². The van der Waals surface area contributed by atoms with Crippen LogP contribution in [0, 0.1) is 19.8 Å². The number of aryl methyl sites for hydroxylation is 1. The first-order valence-electron chi connectivity index (χ1n) is 7.27. The van der Waals surface area contributed by atoms with Crippen molar-refractivity contribution < 1.29 is 13.2 Å². The Balaban J connectivity index is 2.11. The van der Waals surface area contributed by atoms with Crippen molar-refractivity contribution >= 4 is 10.0 Å². The molecule has 1 aromatic heterocycles. The van der Waals surface area contributed by atoms with E-state index < -0.39 is 10.0 Å². The Morgan fingerprint density at radius 1 is 1.38 bits per heavy atom. The number of nitrogens with one attached hydrogen (secondary N) is 1. The van der Waals surface area contributed by atoms with E-state index in [2.05, 4.69) is 9.82 Å². The lowest BCUT2D eigenvalue weighted by Gasteiger charge is -2.22. The van der Waals surface area contributed by atoms with Gasteiger partial charge >= 0.3 is 0 Å². The van der Waals surface area contributed by atoms with Gasteiger partial charge in [0.2, 0.25) is 10.0 Å². The van der Waals surface area contributed by atoms with E-state index in [4.69, 9.17) is 10.5 Å². The monoisotopic (exact) mass is 316 g/mol. The normalized spacial score (nSPS) is 17.3. The smallest absolute Gasteiger partial charge is 0.244 e. The zero-order valence-corrected chi connectivity index (χ0v) is 13.4. The van der Waals surface area contributed by atoms with E-state index in [1.165, 1.54) is 0 Å². The Hall–Kier alpha value is -0.960. The van der Waals surface area contributed by atoms with E-state index >= 15 is 0 Å². The van der Waals surface area contributed by atoms with Crippen LogP contribution in [0.25, 0.3) is 0 Å². The lowest BCUT2D eigenvalue weighted by atomic mass is 10.0. The molecule has 0 aliphatic carbocycles. The Morgan fingerprint density at radius 2 is 2.05 bits per heavy atom.